The molecule has 0 saturated heterocycles. The molecule has 0 fully saturated rings. The van der Waals surface area contributed by atoms with Crippen LogP contribution in [0.25, 0.3) is 11.4 Å². The number of nitriles is 1. The predicted molar refractivity (Wildman–Crippen MR) is 90.8 cm³/mol. The van der Waals surface area contributed by atoms with Crippen LogP contribution in [0, 0.1) is 24.1 Å². The number of carboxylic acids is 1. The van der Waals surface area contributed by atoms with Gasteiger partial charge < -0.3 is 9.94 Å². The van der Waals surface area contributed by atoms with E-state index >= 15 is 0 Å². The highest BCUT2D eigenvalue weighted by atomic mass is 19.1. The lowest BCUT2D eigenvalue weighted by Gasteiger charge is -2.12. The van der Waals surface area contributed by atoms with Crippen LogP contribution in [0.1, 0.15) is 27.3 Å². The average molecular weight is 351 g/mol. The van der Waals surface area contributed by atoms with Crippen molar-refractivity contribution in [2.24, 2.45) is 0 Å². The Morgan fingerprint density at radius 3 is 2.69 bits per heavy atom. The fraction of sp³-hybridized carbons (Fsp3) is 0.105. The SMILES string of the molecule is Cc1nc(-c2cccc(C#N)c2)n(OCc2ccc(F)cc2)c1C(=O)O. The Morgan fingerprint density at radius 1 is 1.31 bits per heavy atom. The Bertz CT molecular complexity index is 1000. The fourth-order valence-electron chi connectivity index (χ4n) is 2.51. The van der Waals surface area contributed by atoms with Gasteiger partial charge in [0.15, 0.2) is 11.5 Å². The third-order valence-electron chi connectivity index (χ3n) is 3.74. The van der Waals surface area contributed by atoms with Gasteiger partial charge in [0.1, 0.15) is 12.4 Å². The van der Waals surface area contributed by atoms with Crippen LogP contribution in [-0.4, -0.2) is 20.8 Å². The molecule has 130 valence electrons. The summed E-state index contributed by atoms with van der Waals surface area (Å²) in [6.45, 7) is 1.60. The van der Waals surface area contributed by atoms with E-state index in [2.05, 4.69) is 4.98 Å². The standard InChI is InChI=1S/C19H14FN3O3/c1-12-17(19(24)25)23(26-11-13-5-7-16(20)8-6-13)18(22-12)15-4-2-3-14(9-15)10-21/h2-9H,11H2,1H3,(H,24,25). The van der Waals surface area contributed by atoms with Gasteiger partial charge in [0.25, 0.3) is 0 Å². The smallest absolute Gasteiger partial charge is 0.357 e. The molecule has 1 heterocycles. The highest BCUT2D eigenvalue weighted by Gasteiger charge is 2.23. The number of aromatic nitrogens is 2. The minimum Gasteiger partial charge on any atom is -0.476 e. The lowest BCUT2D eigenvalue weighted by molar-refractivity contribution is 0.0574. The minimum atomic E-state index is -1.18. The van der Waals surface area contributed by atoms with E-state index in [1.54, 1.807) is 43.3 Å². The molecule has 0 saturated carbocycles. The zero-order valence-electron chi connectivity index (χ0n) is 13.8. The van der Waals surface area contributed by atoms with Crippen LogP contribution in [-0.2, 0) is 6.61 Å². The molecule has 0 unspecified atom stereocenters. The van der Waals surface area contributed by atoms with Gasteiger partial charge in [-0.1, -0.05) is 24.3 Å². The van der Waals surface area contributed by atoms with E-state index in [0.29, 0.717) is 16.7 Å². The van der Waals surface area contributed by atoms with Gasteiger partial charge in [0, 0.05) is 5.56 Å². The Hall–Kier alpha value is -3.66. The first-order valence-electron chi connectivity index (χ1n) is 7.70. The number of aryl methyl sites for hydroxylation is 1. The molecule has 0 aliphatic rings. The number of hydrogen-bond acceptors (Lipinski definition) is 4. The molecule has 0 bridgehead atoms. The van der Waals surface area contributed by atoms with E-state index in [4.69, 9.17) is 10.1 Å². The first-order chi connectivity index (χ1) is 12.5. The van der Waals surface area contributed by atoms with Gasteiger partial charge in [-0.3, -0.25) is 0 Å². The summed E-state index contributed by atoms with van der Waals surface area (Å²) in [4.78, 5) is 21.6. The monoisotopic (exact) mass is 351 g/mol. The molecule has 1 aromatic heterocycles. The second-order valence-electron chi connectivity index (χ2n) is 5.56. The zero-order chi connectivity index (χ0) is 18.7. The van der Waals surface area contributed by atoms with Crippen molar-refractivity contribution in [2.45, 2.75) is 13.5 Å². The first-order valence-corrected chi connectivity index (χ1v) is 7.70. The number of hydrogen-bond donors (Lipinski definition) is 1. The summed E-state index contributed by atoms with van der Waals surface area (Å²) in [7, 11) is 0. The number of carboxylic acid groups (broad SMARTS) is 1. The van der Waals surface area contributed by atoms with Crippen molar-refractivity contribution in [3.8, 4) is 17.5 Å². The van der Waals surface area contributed by atoms with Gasteiger partial charge in [-0.05, 0) is 36.8 Å². The lowest BCUT2D eigenvalue weighted by Crippen LogP contribution is -2.19. The summed E-state index contributed by atoms with van der Waals surface area (Å²) in [6, 6.07) is 14.4. The van der Waals surface area contributed by atoms with E-state index in [1.165, 1.54) is 12.1 Å². The van der Waals surface area contributed by atoms with Crippen LogP contribution >= 0.6 is 0 Å². The number of halogens is 1. The van der Waals surface area contributed by atoms with Gasteiger partial charge in [-0.15, -0.1) is 0 Å². The summed E-state index contributed by atoms with van der Waals surface area (Å²) in [6.07, 6.45) is 0. The van der Waals surface area contributed by atoms with E-state index in [9.17, 15) is 14.3 Å². The number of rotatable bonds is 5. The maximum absolute atomic E-state index is 13.0. The molecule has 1 N–H and O–H groups in total. The molecule has 0 radical (unpaired) electrons. The van der Waals surface area contributed by atoms with Gasteiger partial charge in [0.2, 0.25) is 0 Å². The number of aromatic carboxylic acids is 1. The van der Waals surface area contributed by atoms with Crippen molar-refractivity contribution >= 4 is 5.97 Å². The normalized spacial score (nSPS) is 10.3. The summed E-state index contributed by atoms with van der Waals surface area (Å²) < 4.78 is 14.2. The molecule has 3 rings (SSSR count). The Kier molecular flexibility index (Phi) is 4.67. The molecule has 26 heavy (non-hydrogen) atoms. The molecule has 7 heteroatoms. The van der Waals surface area contributed by atoms with Crippen molar-refractivity contribution in [1.29, 1.82) is 5.26 Å². The number of imidazole rings is 1. The summed E-state index contributed by atoms with van der Waals surface area (Å²) >= 11 is 0. The predicted octanol–water partition coefficient (Wildman–Crippen LogP) is 3.20. The van der Waals surface area contributed by atoms with Crippen LogP contribution in [0.15, 0.2) is 48.5 Å². The summed E-state index contributed by atoms with van der Waals surface area (Å²) in [5, 5.41) is 18.6. The average Bonchev–Trinajstić information content (AvgIpc) is 2.98. The molecule has 0 atom stereocenters. The first kappa shape index (κ1) is 17.2. The lowest BCUT2D eigenvalue weighted by atomic mass is 10.1. The van der Waals surface area contributed by atoms with E-state index < -0.39 is 5.97 Å². The van der Waals surface area contributed by atoms with Crippen LogP contribution in [0.5, 0.6) is 0 Å². The highest BCUT2D eigenvalue weighted by molar-refractivity contribution is 5.88. The van der Waals surface area contributed by atoms with Gasteiger partial charge in [-0.2, -0.15) is 9.99 Å². The van der Waals surface area contributed by atoms with Gasteiger partial charge >= 0.3 is 5.97 Å². The van der Waals surface area contributed by atoms with Gasteiger partial charge in [-0.25, -0.2) is 14.2 Å². The van der Waals surface area contributed by atoms with E-state index in [1.807, 2.05) is 6.07 Å². The van der Waals surface area contributed by atoms with Crippen molar-refractivity contribution in [3.63, 3.8) is 0 Å². The number of carbonyl (C=O) groups is 1. The Labute approximate surface area is 148 Å². The molecular formula is C19H14FN3O3. The highest BCUT2D eigenvalue weighted by Crippen LogP contribution is 2.23. The maximum atomic E-state index is 13.0. The Balaban J connectivity index is 2.02. The van der Waals surface area contributed by atoms with Crippen molar-refractivity contribution in [3.05, 3.63) is 76.9 Å². The molecule has 0 spiro atoms. The second kappa shape index (κ2) is 7.07. The molecule has 0 aliphatic carbocycles. The van der Waals surface area contributed by atoms with Gasteiger partial charge in [0.05, 0.1) is 17.3 Å². The third kappa shape index (κ3) is 3.39. The van der Waals surface area contributed by atoms with E-state index in [-0.39, 0.29) is 29.6 Å². The quantitative estimate of drug-likeness (QED) is 0.763. The zero-order valence-corrected chi connectivity index (χ0v) is 13.8. The Morgan fingerprint density at radius 2 is 2.04 bits per heavy atom. The maximum Gasteiger partial charge on any atom is 0.357 e. The van der Waals surface area contributed by atoms with Crippen LogP contribution in [0.3, 0.4) is 0 Å². The van der Waals surface area contributed by atoms with Crippen LogP contribution in [0.4, 0.5) is 4.39 Å². The molecule has 3 aromatic rings. The largest absolute Gasteiger partial charge is 0.476 e. The molecule has 2 aromatic carbocycles. The topological polar surface area (TPSA) is 88.1 Å². The van der Waals surface area contributed by atoms with Crippen LogP contribution in [0.2, 0.25) is 0 Å². The minimum absolute atomic E-state index is 0.0291. The molecule has 6 nitrogen and oxygen atoms in total. The number of nitrogens with zero attached hydrogens (tertiary/aromatic N) is 3. The second-order valence-corrected chi connectivity index (χ2v) is 5.56. The molecule has 0 amide bonds. The van der Waals surface area contributed by atoms with Crippen molar-refractivity contribution in [1.82, 2.24) is 9.71 Å². The third-order valence-corrected chi connectivity index (χ3v) is 3.74. The molecule has 0 aliphatic heterocycles. The van der Waals surface area contributed by atoms with Crippen LogP contribution < -0.4 is 4.84 Å². The molecular weight excluding hydrogens is 337 g/mol. The van der Waals surface area contributed by atoms with E-state index in [0.717, 1.165) is 4.73 Å². The number of benzene rings is 2. The fourth-order valence-corrected chi connectivity index (χ4v) is 2.51. The summed E-state index contributed by atoms with van der Waals surface area (Å²) in [5.74, 6) is -1.27. The van der Waals surface area contributed by atoms with Crippen molar-refractivity contribution in [2.75, 3.05) is 0 Å². The van der Waals surface area contributed by atoms with Crippen molar-refractivity contribution < 1.29 is 19.1 Å². The summed E-state index contributed by atoms with van der Waals surface area (Å²) in [5.41, 5.74) is 1.83.